The van der Waals surface area contributed by atoms with E-state index in [9.17, 15) is 0 Å². The van der Waals surface area contributed by atoms with Crippen molar-refractivity contribution >= 4 is 0 Å². The average molecular weight is 214 g/mol. The molecule has 3 unspecified atom stereocenters. The van der Waals surface area contributed by atoms with Crippen LogP contribution >= 0.6 is 0 Å². The fourth-order valence-corrected chi connectivity index (χ4v) is 2.28. The third-order valence-corrected chi connectivity index (χ3v) is 3.50. The zero-order valence-corrected chi connectivity index (χ0v) is 10.4. The molecule has 1 fully saturated rings. The Morgan fingerprint density at radius 1 is 1.53 bits per heavy atom. The Kier molecular flexibility index (Phi) is 5.58. The smallest absolute Gasteiger partial charge is 0.0743 e. The lowest BCUT2D eigenvalue weighted by Gasteiger charge is -2.32. The summed E-state index contributed by atoms with van der Waals surface area (Å²) in [6, 6.07) is 0.404. The van der Waals surface area contributed by atoms with Gasteiger partial charge in [-0.1, -0.05) is 20.3 Å². The van der Waals surface area contributed by atoms with Crippen LogP contribution in [0.1, 0.15) is 33.1 Å². The first-order valence-corrected chi connectivity index (χ1v) is 6.21. The second-order valence-corrected chi connectivity index (χ2v) is 4.81. The molecule has 15 heavy (non-hydrogen) atoms. The molecular formula is C12H26N2O. The highest BCUT2D eigenvalue weighted by Gasteiger charge is 2.28. The molecule has 0 aromatic heterocycles. The number of nitrogens with zero attached hydrogens (tertiary/aromatic N) is 1. The second kappa shape index (κ2) is 6.46. The summed E-state index contributed by atoms with van der Waals surface area (Å²) < 4.78 is 5.72. The number of nitrogens with two attached hydrogens (primary N) is 1. The molecule has 90 valence electrons. The minimum atomic E-state index is 0.365. The lowest BCUT2D eigenvalue weighted by molar-refractivity contribution is 0.0327. The first-order chi connectivity index (χ1) is 7.19. The largest absolute Gasteiger partial charge is 0.377 e. The molecule has 3 nitrogen and oxygen atoms in total. The Morgan fingerprint density at radius 3 is 2.73 bits per heavy atom. The molecule has 0 amide bonds. The van der Waals surface area contributed by atoms with E-state index in [-0.39, 0.29) is 0 Å². The Morgan fingerprint density at radius 2 is 2.27 bits per heavy atom. The van der Waals surface area contributed by atoms with Crippen LogP contribution in [-0.4, -0.2) is 43.8 Å². The normalized spacial score (nSPS) is 25.8. The highest BCUT2D eigenvalue weighted by atomic mass is 16.5. The van der Waals surface area contributed by atoms with Crippen molar-refractivity contribution in [3.63, 3.8) is 0 Å². The van der Waals surface area contributed by atoms with Gasteiger partial charge in [-0.15, -0.1) is 0 Å². The van der Waals surface area contributed by atoms with E-state index in [1.807, 2.05) is 0 Å². The van der Waals surface area contributed by atoms with Gasteiger partial charge in [0.15, 0.2) is 0 Å². The van der Waals surface area contributed by atoms with Crippen LogP contribution in [0, 0.1) is 5.92 Å². The van der Waals surface area contributed by atoms with Crippen molar-refractivity contribution in [2.24, 2.45) is 11.7 Å². The highest BCUT2D eigenvalue weighted by Crippen LogP contribution is 2.19. The van der Waals surface area contributed by atoms with Crippen LogP contribution in [0.25, 0.3) is 0 Å². The Labute approximate surface area is 94.0 Å². The lowest BCUT2D eigenvalue weighted by Crippen LogP contribution is -2.47. The van der Waals surface area contributed by atoms with Gasteiger partial charge in [0.25, 0.3) is 0 Å². The van der Waals surface area contributed by atoms with Crippen LogP contribution in [0.15, 0.2) is 0 Å². The molecule has 3 heteroatoms. The van der Waals surface area contributed by atoms with Crippen molar-refractivity contribution in [1.82, 2.24) is 4.90 Å². The van der Waals surface area contributed by atoms with Crippen molar-refractivity contribution in [1.29, 1.82) is 0 Å². The van der Waals surface area contributed by atoms with Gasteiger partial charge in [0, 0.05) is 25.7 Å². The maximum atomic E-state index is 5.85. The monoisotopic (exact) mass is 214 g/mol. The van der Waals surface area contributed by atoms with Crippen molar-refractivity contribution in [2.75, 3.05) is 26.7 Å². The summed E-state index contributed by atoms with van der Waals surface area (Å²) in [5.41, 5.74) is 5.85. The fourth-order valence-electron chi connectivity index (χ4n) is 2.28. The molecule has 0 bridgehead atoms. The zero-order chi connectivity index (χ0) is 11.3. The Hall–Kier alpha value is -0.120. The highest BCUT2D eigenvalue weighted by molar-refractivity contribution is 4.82. The first kappa shape index (κ1) is 12.9. The SMILES string of the molecule is CCC(C)CN(C)C(CN)C1CCCO1. The molecule has 2 N–H and O–H groups in total. The molecule has 0 radical (unpaired) electrons. The zero-order valence-electron chi connectivity index (χ0n) is 10.4. The lowest BCUT2D eigenvalue weighted by atomic mass is 10.0. The molecule has 0 saturated carbocycles. The standard InChI is InChI=1S/C12H26N2O/c1-4-10(2)9-14(3)11(8-13)12-6-5-7-15-12/h10-12H,4-9,13H2,1-3H3. The van der Waals surface area contributed by atoms with Gasteiger partial charge in [-0.2, -0.15) is 0 Å². The van der Waals surface area contributed by atoms with Gasteiger partial charge in [0.05, 0.1) is 6.10 Å². The van der Waals surface area contributed by atoms with E-state index in [1.165, 1.54) is 19.3 Å². The maximum absolute atomic E-state index is 5.85. The molecular weight excluding hydrogens is 188 g/mol. The van der Waals surface area contributed by atoms with Gasteiger partial charge < -0.3 is 10.5 Å². The predicted octanol–water partition coefficient (Wildman–Crippen LogP) is 1.47. The number of rotatable bonds is 6. The van der Waals surface area contributed by atoms with Crippen LogP contribution in [0.4, 0.5) is 0 Å². The molecule has 1 saturated heterocycles. The quantitative estimate of drug-likeness (QED) is 0.727. The summed E-state index contributed by atoms with van der Waals surface area (Å²) >= 11 is 0. The third kappa shape index (κ3) is 3.74. The van der Waals surface area contributed by atoms with E-state index in [2.05, 4.69) is 25.8 Å². The van der Waals surface area contributed by atoms with Gasteiger partial charge in [0.1, 0.15) is 0 Å². The molecule has 0 aromatic carbocycles. The maximum Gasteiger partial charge on any atom is 0.0743 e. The molecule has 0 aromatic rings. The molecule has 0 aliphatic carbocycles. The van der Waals surface area contributed by atoms with Gasteiger partial charge in [-0.3, -0.25) is 4.90 Å². The molecule has 0 spiro atoms. The van der Waals surface area contributed by atoms with Crippen LogP contribution < -0.4 is 5.73 Å². The molecule has 1 aliphatic heterocycles. The van der Waals surface area contributed by atoms with Crippen molar-refractivity contribution in [3.05, 3.63) is 0 Å². The number of likely N-dealkylation sites (N-methyl/N-ethyl adjacent to an activating group) is 1. The summed E-state index contributed by atoms with van der Waals surface area (Å²) in [6.45, 7) is 7.27. The van der Waals surface area contributed by atoms with E-state index in [0.717, 1.165) is 19.1 Å². The molecule has 3 atom stereocenters. The van der Waals surface area contributed by atoms with E-state index in [4.69, 9.17) is 10.5 Å². The van der Waals surface area contributed by atoms with E-state index in [0.29, 0.717) is 18.7 Å². The molecule has 1 heterocycles. The Balaban J connectivity index is 2.41. The summed E-state index contributed by atoms with van der Waals surface area (Å²) in [5, 5.41) is 0. The number of ether oxygens (including phenoxy) is 1. The summed E-state index contributed by atoms with van der Waals surface area (Å²) in [4.78, 5) is 2.38. The van der Waals surface area contributed by atoms with Gasteiger partial charge in [-0.05, 0) is 25.8 Å². The minimum absolute atomic E-state index is 0.365. The van der Waals surface area contributed by atoms with Gasteiger partial charge in [0.2, 0.25) is 0 Å². The summed E-state index contributed by atoms with van der Waals surface area (Å²) in [5.74, 6) is 0.741. The molecule has 1 rings (SSSR count). The topological polar surface area (TPSA) is 38.5 Å². The van der Waals surface area contributed by atoms with Crippen LogP contribution in [0.2, 0.25) is 0 Å². The average Bonchev–Trinajstić information content (AvgIpc) is 2.72. The van der Waals surface area contributed by atoms with E-state index < -0.39 is 0 Å². The summed E-state index contributed by atoms with van der Waals surface area (Å²) in [6.07, 6.45) is 3.96. The van der Waals surface area contributed by atoms with E-state index >= 15 is 0 Å². The van der Waals surface area contributed by atoms with Crippen molar-refractivity contribution < 1.29 is 4.74 Å². The first-order valence-electron chi connectivity index (χ1n) is 6.21. The minimum Gasteiger partial charge on any atom is -0.377 e. The van der Waals surface area contributed by atoms with Crippen LogP contribution in [0.3, 0.4) is 0 Å². The fraction of sp³-hybridized carbons (Fsp3) is 1.00. The van der Waals surface area contributed by atoms with Crippen LogP contribution in [-0.2, 0) is 4.74 Å². The predicted molar refractivity (Wildman–Crippen MR) is 63.9 cm³/mol. The van der Waals surface area contributed by atoms with Crippen LogP contribution in [0.5, 0.6) is 0 Å². The number of hydrogen-bond donors (Lipinski definition) is 1. The third-order valence-electron chi connectivity index (χ3n) is 3.50. The Bertz CT molecular complexity index is 169. The number of hydrogen-bond acceptors (Lipinski definition) is 3. The summed E-state index contributed by atoms with van der Waals surface area (Å²) in [7, 11) is 2.17. The molecule has 1 aliphatic rings. The van der Waals surface area contributed by atoms with Gasteiger partial charge >= 0.3 is 0 Å². The van der Waals surface area contributed by atoms with Crippen molar-refractivity contribution in [2.45, 2.75) is 45.3 Å². The second-order valence-electron chi connectivity index (χ2n) is 4.81. The van der Waals surface area contributed by atoms with Gasteiger partial charge in [-0.25, -0.2) is 0 Å². The van der Waals surface area contributed by atoms with E-state index in [1.54, 1.807) is 0 Å². The van der Waals surface area contributed by atoms with Crippen molar-refractivity contribution in [3.8, 4) is 0 Å².